The summed E-state index contributed by atoms with van der Waals surface area (Å²) in [5.74, 6) is 0.443. The first-order chi connectivity index (χ1) is 8.56. The van der Waals surface area contributed by atoms with Gasteiger partial charge in [0.2, 0.25) is 0 Å². The predicted octanol–water partition coefficient (Wildman–Crippen LogP) is 3.26. The molecule has 0 saturated carbocycles. The van der Waals surface area contributed by atoms with Crippen molar-refractivity contribution in [3.8, 4) is 0 Å². The summed E-state index contributed by atoms with van der Waals surface area (Å²) in [5, 5.41) is 2.78. The fraction of sp³-hybridized carbons (Fsp3) is 0.200. The fourth-order valence-electron chi connectivity index (χ4n) is 1.61. The van der Waals surface area contributed by atoms with Gasteiger partial charge in [0, 0.05) is 11.8 Å². The largest absolute Gasteiger partial charge is 0.307 e. The first-order valence-corrected chi connectivity index (χ1v) is 5.87. The fourth-order valence-corrected chi connectivity index (χ4v) is 1.61. The Balaban J connectivity index is 2.16. The number of rotatable bonds is 2. The summed E-state index contributed by atoms with van der Waals surface area (Å²) in [6, 6.07) is 9.38. The van der Waals surface area contributed by atoms with Gasteiger partial charge in [-0.25, -0.2) is 4.98 Å². The smallest absolute Gasteiger partial charge is 0.256 e. The van der Waals surface area contributed by atoms with Crippen LogP contribution in [0.25, 0.3) is 0 Å². The monoisotopic (exact) mass is 240 g/mol. The van der Waals surface area contributed by atoms with E-state index in [1.165, 1.54) is 5.56 Å². The molecule has 1 aromatic heterocycles. The van der Waals surface area contributed by atoms with E-state index in [2.05, 4.69) is 10.3 Å². The average Bonchev–Trinajstić information content (AvgIpc) is 2.35. The molecule has 1 amide bonds. The molecule has 0 fully saturated rings. The summed E-state index contributed by atoms with van der Waals surface area (Å²) in [4.78, 5) is 16.2. The summed E-state index contributed by atoms with van der Waals surface area (Å²) in [6.07, 6.45) is 1.73. The van der Waals surface area contributed by atoms with Gasteiger partial charge in [0.1, 0.15) is 5.82 Å². The lowest BCUT2D eigenvalue weighted by molar-refractivity contribution is 0.102. The second kappa shape index (κ2) is 5.00. The molecule has 2 rings (SSSR count). The first-order valence-electron chi connectivity index (χ1n) is 5.87. The molecule has 1 N–H and O–H groups in total. The van der Waals surface area contributed by atoms with E-state index < -0.39 is 0 Å². The van der Waals surface area contributed by atoms with Crippen molar-refractivity contribution < 1.29 is 4.79 Å². The number of carbonyl (C=O) groups excluding carboxylic acids is 1. The standard InChI is InChI=1S/C15H16N2O/c1-10-4-7-14(16-9-10)17-15(18)13-6-5-11(2)12(3)8-13/h4-9H,1-3H3,(H,16,17,18). The molecule has 0 bridgehead atoms. The number of hydrogen-bond donors (Lipinski definition) is 1. The number of amides is 1. The second-order valence-corrected chi connectivity index (χ2v) is 4.47. The lowest BCUT2D eigenvalue weighted by atomic mass is 10.1. The van der Waals surface area contributed by atoms with Gasteiger partial charge in [-0.05, 0) is 55.7 Å². The summed E-state index contributed by atoms with van der Waals surface area (Å²) >= 11 is 0. The highest BCUT2D eigenvalue weighted by Crippen LogP contribution is 2.12. The zero-order valence-electron chi connectivity index (χ0n) is 10.8. The number of hydrogen-bond acceptors (Lipinski definition) is 2. The Morgan fingerprint density at radius 2 is 1.83 bits per heavy atom. The van der Waals surface area contributed by atoms with E-state index in [0.29, 0.717) is 11.4 Å². The topological polar surface area (TPSA) is 42.0 Å². The zero-order valence-corrected chi connectivity index (χ0v) is 10.8. The minimum Gasteiger partial charge on any atom is -0.307 e. The maximum absolute atomic E-state index is 12.0. The van der Waals surface area contributed by atoms with Crippen molar-refractivity contribution >= 4 is 11.7 Å². The molecule has 3 heteroatoms. The minimum absolute atomic E-state index is 0.130. The molecule has 92 valence electrons. The van der Waals surface area contributed by atoms with Crippen LogP contribution in [0.3, 0.4) is 0 Å². The Labute approximate surface area is 107 Å². The minimum atomic E-state index is -0.130. The molecule has 0 unspecified atom stereocenters. The van der Waals surface area contributed by atoms with E-state index in [1.54, 1.807) is 12.3 Å². The molecule has 0 saturated heterocycles. The van der Waals surface area contributed by atoms with Gasteiger partial charge >= 0.3 is 0 Å². The molecular formula is C15H16N2O. The SMILES string of the molecule is Cc1ccc(NC(=O)c2ccc(C)c(C)c2)nc1. The van der Waals surface area contributed by atoms with Gasteiger partial charge in [-0.15, -0.1) is 0 Å². The van der Waals surface area contributed by atoms with Crippen LogP contribution in [0.5, 0.6) is 0 Å². The van der Waals surface area contributed by atoms with Gasteiger partial charge in [-0.2, -0.15) is 0 Å². The number of nitrogens with zero attached hydrogens (tertiary/aromatic N) is 1. The van der Waals surface area contributed by atoms with Gasteiger partial charge in [-0.1, -0.05) is 12.1 Å². The van der Waals surface area contributed by atoms with Crippen molar-refractivity contribution in [2.24, 2.45) is 0 Å². The van der Waals surface area contributed by atoms with Crippen molar-refractivity contribution in [2.45, 2.75) is 20.8 Å². The van der Waals surface area contributed by atoms with Gasteiger partial charge < -0.3 is 5.32 Å². The van der Waals surface area contributed by atoms with Crippen LogP contribution < -0.4 is 5.32 Å². The third kappa shape index (κ3) is 2.74. The summed E-state index contributed by atoms with van der Waals surface area (Å²) < 4.78 is 0. The second-order valence-electron chi connectivity index (χ2n) is 4.47. The average molecular weight is 240 g/mol. The highest BCUT2D eigenvalue weighted by Gasteiger charge is 2.07. The Morgan fingerprint density at radius 1 is 1.06 bits per heavy atom. The molecule has 0 aliphatic heterocycles. The molecule has 3 nitrogen and oxygen atoms in total. The molecule has 0 spiro atoms. The quantitative estimate of drug-likeness (QED) is 0.875. The Bertz CT molecular complexity index is 574. The van der Waals surface area contributed by atoms with Crippen LogP contribution in [0.4, 0.5) is 5.82 Å². The molecule has 0 atom stereocenters. The Kier molecular flexibility index (Phi) is 3.42. The van der Waals surface area contributed by atoms with Gasteiger partial charge in [0.15, 0.2) is 0 Å². The van der Waals surface area contributed by atoms with Crippen LogP contribution in [0.15, 0.2) is 36.5 Å². The normalized spacial score (nSPS) is 10.2. The van der Waals surface area contributed by atoms with E-state index in [9.17, 15) is 4.79 Å². The van der Waals surface area contributed by atoms with Crippen molar-refractivity contribution in [3.63, 3.8) is 0 Å². The third-order valence-corrected chi connectivity index (χ3v) is 2.92. The highest BCUT2D eigenvalue weighted by atomic mass is 16.1. The maximum Gasteiger partial charge on any atom is 0.256 e. The molecule has 0 aliphatic carbocycles. The molecule has 0 radical (unpaired) electrons. The molecule has 0 aliphatic rings. The lowest BCUT2D eigenvalue weighted by Gasteiger charge is -2.06. The molecule has 1 heterocycles. The first kappa shape index (κ1) is 12.3. The van der Waals surface area contributed by atoms with E-state index in [1.807, 2.05) is 45.0 Å². The Hall–Kier alpha value is -2.16. The van der Waals surface area contributed by atoms with E-state index in [-0.39, 0.29) is 5.91 Å². The predicted molar refractivity (Wildman–Crippen MR) is 72.8 cm³/mol. The lowest BCUT2D eigenvalue weighted by Crippen LogP contribution is -2.13. The van der Waals surface area contributed by atoms with Gasteiger partial charge in [0.25, 0.3) is 5.91 Å². The van der Waals surface area contributed by atoms with Gasteiger partial charge in [-0.3, -0.25) is 4.79 Å². The van der Waals surface area contributed by atoms with Crippen molar-refractivity contribution in [3.05, 3.63) is 58.8 Å². The molecular weight excluding hydrogens is 224 g/mol. The molecule has 1 aromatic carbocycles. The van der Waals surface area contributed by atoms with Crippen LogP contribution in [-0.2, 0) is 0 Å². The maximum atomic E-state index is 12.0. The number of anilines is 1. The van der Waals surface area contributed by atoms with E-state index >= 15 is 0 Å². The van der Waals surface area contributed by atoms with Crippen molar-refractivity contribution in [1.82, 2.24) is 4.98 Å². The van der Waals surface area contributed by atoms with Crippen LogP contribution in [0.2, 0.25) is 0 Å². The number of carbonyl (C=O) groups is 1. The summed E-state index contributed by atoms with van der Waals surface area (Å²) in [5.41, 5.74) is 4.01. The highest BCUT2D eigenvalue weighted by molar-refractivity contribution is 6.03. The van der Waals surface area contributed by atoms with Gasteiger partial charge in [0.05, 0.1) is 0 Å². The van der Waals surface area contributed by atoms with Crippen LogP contribution in [0, 0.1) is 20.8 Å². The molecule has 2 aromatic rings. The number of benzene rings is 1. The number of pyridine rings is 1. The van der Waals surface area contributed by atoms with Crippen LogP contribution in [0.1, 0.15) is 27.0 Å². The Morgan fingerprint density at radius 3 is 2.44 bits per heavy atom. The molecule has 18 heavy (non-hydrogen) atoms. The number of aromatic nitrogens is 1. The van der Waals surface area contributed by atoms with E-state index in [0.717, 1.165) is 11.1 Å². The van der Waals surface area contributed by atoms with Crippen molar-refractivity contribution in [2.75, 3.05) is 5.32 Å². The third-order valence-electron chi connectivity index (χ3n) is 2.92. The summed E-state index contributed by atoms with van der Waals surface area (Å²) in [7, 11) is 0. The van der Waals surface area contributed by atoms with Crippen molar-refractivity contribution in [1.29, 1.82) is 0 Å². The zero-order chi connectivity index (χ0) is 13.1. The number of aryl methyl sites for hydroxylation is 3. The van der Waals surface area contributed by atoms with Crippen LogP contribution in [-0.4, -0.2) is 10.9 Å². The van der Waals surface area contributed by atoms with E-state index in [4.69, 9.17) is 0 Å². The summed E-state index contributed by atoms with van der Waals surface area (Å²) in [6.45, 7) is 5.98. The van der Waals surface area contributed by atoms with Crippen LogP contribution >= 0.6 is 0 Å². The number of nitrogens with one attached hydrogen (secondary N) is 1.